The summed E-state index contributed by atoms with van der Waals surface area (Å²) in [5.74, 6) is 0.763. The van der Waals surface area contributed by atoms with Crippen LogP contribution in [0.25, 0.3) is 11.1 Å². The lowest BCUT2D eigenvalue weighted by Gasteiger charge is -2.14. The third kappa shape index (κ3) is 4.45. The Labute approximate surface area is 142 Å². The fourth-order valence-electron chi connectivity index (χ4n) is 2.72. The van der Waals surface area contributed by atoms with Crippen molar-refractivity contribution in [1.82, 2.24) is 10.3 Å². The fraction of sp³-hybridized carbons (Fsp3) is 0.529. The molecule has 126 valence electrons. The number of hydrogen-bond acceptors (Lipinski definition) is 4. The van der Waals surface area contributed by atoms with Crippen LogP contribution in [0.2, 0.25) is 0 Å². The predicted octanol–water partition coefficient (Wildman–Crippen LogP) is 3.53. The topological polar surface area (TPSA) is 67.2 Å². The van der Waals surface area contributed by atoms with Crippen LogP contribution in [0.5, 0.6) is 0 Å². The summed E-state index contributed by atoms with van der Waals surface area (Å²) in [4.78, 5) is 16.7. The van der Waals surface area contributed by atoms with E-state index in [9.17, 15) is 4.79 Å². The maximum Gasteiger partial charge on any atom is 0.241 e. The number of aromatic nitrogens is 1. The van der Waals surface area contributed by atoms with Gasteiger partial charge < -0.3 is 15.1 Å². The van der Waals surface area contributed by atoms with E-state index in [4.69, 9.17) is 4.42 Å². The van der Waals surface area contributed by atoms with Crippen LogP contribution in [0.3, 0.4) is 0 Å². The summed E-state index contributed by atoms with van der Waals surface area (Å²) < 4.78 is 5.77. The maximum atomic E-state index is 12.1. The quantitative estimate of drug-likeness (QED) is 0.899. The minimum Gasteiger partial charge on any atom is -0.441 e. The molecule has 0 spiro atoms. The van der Waals surface area contributed by atoms with Crippen LogP contribution in [0.4, 0.5) is 5.69 Å². The number of nitrogens with one attached hydrogen (secondary N) is 2. The number of carbonyl (C=O) groups is 1. The number of carbonyl (C=O) groups excluding carboxylic acids is 1. The Balaban J connectivity index is 0.00000192. The lowest BCUT2D eigenvalue weighted by atomic mass is 9.92. The Morgan fingerprint density at radius 3 is 2.87 bits per heavy atom. The number of amides is 1. The smallest absolute Gasteiger partial charge is 0.241 e. The molecule has 1 aromatic carbocycles. The second-order valence-corrected chi connectivity index (χ2v) is 7.17. The minimum absolute atomic E-state index is 0. The molecule has 1 aliphatic rings. The molecule has 1 atom stereocenters. The summed E-state index contributed by atoms with van der Waals surface area (Å²) in [5, 5.41) is 6.15. The van der Waals surface area contributed by atoms with E-state index in [0.717, 1.165) is 48.5 Å². The van der Waals surface area contributed by atoms with Crippen molar-refractivity contribution in [1.29, 1.82) is 0 Å². The lowest BCUT2D eigenvalue weighted by Crippen LogP contribution is -2.35. The molecule has 1 saturated heterocycles. The number of nitrogens with zero attached hydrogens (tertiary/aromatic N) is 1. The van der Waals surface area contributed by atoms with Gasteiger partial charge in [0.15, 0.2) is 11.5 Å². The van der Waals surface area contributed by atoms with Gasteiger partial charge in [-0.3, -0.25) is 4.79 Å². The zero-order valence-electron chi connectivity index (χ0n) is 13.8. The molecule has 1 aromatic heterocycles. The lowest BCUT2D eigenvalue weighted by molar-refractivity contribution is -0.117. The second kappa shape index (κ2) is 6.89. The van der Waals surface area contributed by atoms with E-state index < -0.39 is 0 Å². The van der Waals surface area contributed by atoms with Gasteiger partial charge in [-0.05, 0) is 43.0 Å². The van der Waals surface area contributed by atoms with E-state index in [1.54, 1.807) is 0 Å². The van der Waals surface area contributed by atoms with Crippen LogP contribution in [-0.4, -0.2) is 23.5 Å². The van der Waals surface area contributed by atoms with Crippen molar-refractivity contribution in [2.75, 3.05) is 11.9 Å². The largest absolute Gasteiger partial charge is 0.441 e. The number of benzene rings is 1. The standard InChI is InChI=1S/C17H23N3O2.ClH/c1-17(2,3)10-15-20-13-9-11(6-7-14(13)22-15)19-16(21)12-5-4-8-18-12;/h6-7,9,12,18H,4-5,8,10H2,1-3H3,(H,19,21);1H. The molecular formula is C17H24ClN3O2. The number of anilines is 1. The Bertz CT molecular complexity index is 685. The first kappa shape index (κ1) is 17.8. The highest BCUT2D eigenvalue weighted by molar-refractivity contribution is 5.96. The molecule has 0 aliphatic carbocycles. The van der Waals surface area contributed by atoms with Crippen LogP contribution in [-0.2, 0) is 11.2 Å². The molecule has 2 heterocycles. The Kier molecular flexibility index (Phi) is 5.32. The van der Waals surface area contributed by atoms with E-state index in [2.05, 4.69) is 36.4 Å². The van der Waals surface area contributed by atoms with Crippen LogP contribution in [0.15, 0.2) is 22.6 Å². The van der Waals surface area contributed by atoms with Crippen molar-refractivity contribution in [3.05, 3.63) is 24.1 Å². The zero-order chi connectivity index (χ0) is 15.7. The van der Waals surface area contributed by atoms with Crippen molar-refractivity contribution in [3.8, 4) is 0 Å². The van der Waals surface area contributed by atoms with Gasteiger partial charge in [-0.25, -0.2) is 4.98 Å². The van der Waals surface area contributed by atoms with Gasteiger partial charge in [0.2, 0.25) is 5.91 Å². The average Bonchev–Trinajstić information content (AvgIpc) is 3.04. The summed E-state index contributed by atoms with van der Waals surface area (Å²) in [6.07, 6.45) is 2.74. The number of fused-ring (bicyclic) bond motifs is 1. The van der Waals surface area contributed by atoms with Crippen LogP contribution in [0.1, 0.15) is 39.5 Å². The van der Waals surface area contributed by atoms with E-state index >= 15 is 0 Å². The molecule has 2 N–H and O–H groups in total. The van der Waals surface area contributed by atoms with Crippen LogP contribution in [0, 0.1) is 5.41 Å². The molecule has 0 saturated carbocycles. The van der Waals surface area contributed by atoms with Crippen molar-refractivity contribution in [2.24, 2.45) is 5.41 Å². The fourth-order valence-corrected chi connectivity index (χ4v) is 2.72. The van der Waals surface area contributed by atoms with Gasteiger partial charge in [-0.2, -0.15) is 0 Å². The third-order valence-corrected chi connectivity index (χ3v) is 3.76. The summed E-state index contributed by atoms with van der Waals surface area (Å²) in [5.41, 5.74) is 2.45. The molecule has 23 heavy (non-hydrogen) atoms. The predicted molar refractivity (Wildman–Crippen MR) is 94.1 cm³/mol. The maximum absolute atomic E-state index is 12.1. The molecule has 6 heteroatoms. The molecule has 1 unspecified atom stereocenters. The van der Waals surface area contributed by atoms with Crippen molar-refractivity contribution in [2.45, 2.75) is 46.1 Å². The first-order valence-corrected chi connectivity index (χ1v) is 7.84. The van der Waals surface area contributed by atoms with E-state index in [0.29, 0.717) is 0 Å². The van der Waals surface area contributed by atoms with E-state index in [1.807, 2.05) is 18.2 Å². The molecule has 1 aliphatic heterocycles. The first-order valence-electron chi connectivity index (χ1n) is 7.84. The van der Waals surface area contributed by atoms with Crippen molar-refractivity contribution in [3.63, 3.8) is 0 Å². The van der Waals surface area contributed by atoms with Crippen molar-refractivity contribution >= 4 is 35.1 Å². The summed E-state index contributed by atoms with van der Waals surface area (Å²) in [7, 11) is 0. The second-order valence-electron chi connectivity index (χ2n) is 7.17. The Hall–Kier alpha value is -1.59. The summed E-state index contributed by atoms with van der Waals surface area (Å²) >= 11 is 0. The first-order chi connectivity index (χ1) is 10.4. The molecular weight excluding hydrogens is 314 g/mol. The number of rotatable bonds is 3. The average molecular weight is 338 g/mol. The van der Waals surface area contributed by atoms with Crippen LogP contribution < -0.4 is 10.6 Å². The molecule has 1 amide bonds. The zero-order valence-corrected chi connectivity index (χ0v) is 14.6. The third-order valence-electron chi connectivity index (χ3n) is 3.76. The van der Waals surface area contributed by atoms with Gasteiger partial charge in [-0.1, -0.05) is 20.8 Å². The highest BCUT2D eigenvalue weighted by Gasteiger charge is 2.22. The molecule has 5 nitrogen and oxygen atoms in total. The number of hydrogen-bond donors (Lipinski definition) is 2. The van der Waals surface area contributed by atoms with Gasteiger partial charge in [0.05, 0.1) is 6.04 Å². The van der Waals surface area contributed by atoms with Gasteiger partial charge >= 0.3 is 0 Å². The normalized spacial score (nSPS) is 18.0. The molecule has 1 fully saturated rings. The Morgan fingerprint density at radius 1 is 1.43 bits per heavy atom. The molecule has 0 bridgehead atoms. The minimum atomic E-state index is -0.0792. The molecule has 0 radical (unpaired) electrons. The number of oxazole rings is 1. The van der Waals surface area contributed by atoms with E-state index in [1.165, 1.54) is 0 Å². The molecule has 2 aromatic rings. The van der Waals surface area contributed by atoms with Gasteiger partial charge in [-0.15, -0.1) is 12.4 Å². The highest BCUT2D eigenvalue weighted by atomic mass is 35.5. The highest BCUT2D eigenvalue weighted by Crippen LogP contribution is 2.25. The SMILES string of the molecule is CC(C)(C)Cc1nc2cc(NC(=O)C3CCCN3)ccc2o1.Cl. The van der Waals surface area contributed by atoms with E-state index in [-0.39, 0.29) is 29.8 Å². The Morgan fingerprint density at radius 2 is 2.22 bits per heavy atom. The van der Waals surface area contributed by atoms with Crippen LogP contribution >= 0.6 is 12.4 Å². The molecule has 3 rings (SSSR count). The number of halogens is 1. The monoisotopic (exact) mass is 337 g/mol. The summed E-state index contributed by atoms with van der Waals surface area (Å²) in [6, 6.07) is 5.52. The van der Waals surface area contributed by atoms with Gasteiger partial charge in [0, 0.05) is 12.1 Å². The van der Waals surface area contributed by atoms with Gasteiger partial charge in [0.1, 0.15) is 5.52 Å². The van der Waals surface area contributed by atoms with Crippen molar-refractivity contribution < 1.29 is 9.21 Å². The summed E-state index contributed by atoms with van der Waals surface area (Å²) in [6.45, 7) is 7.38. The van der Waals surface area contributed by atoms with Gasteiger partial charge in [0.25, 0.3) is 0 Å².